The van der Waals surface area contributed by atoms with E-state index >= 15 is 0 Å². The number of hydrogen-bond donors (Lipinski definition) is 2. The van der Waals surface area contributed by atoms with E-state index in [1.54, 1.807) is 12.1 Å². The van der Waals surface area contributed by atoms with Crippen molar-refractivity contribution in [3.05, 3.63) is 84.2 Å². The van der Waals surface area contributed by atoms with Crippen molar-refractivity contribution in [3.8, 4) is 5.75 Å². The summed E-state index contributed by atoms with van der Waals surface area (Å²) in [6.45, 7) is 1.64. The van der Waals surface area contributed by atoms with E-state index in [1.165, 1.54) is 48.5 Å². The number of carbonyl (C=O) groups excluding carboxylic acids is 1. The van der Waals surface area contributed by atoms with E-state index in [-0.39, 0.29) is 11.5 Å². The highest BCUT2D eigenvalue weighted by Crippen LogP contribution is 2.20. The van der Waals surface area contributed by atoms with E-state index in [9.17, 15) is 17.6 Å². The molecule has 6 nitrogen and oxygen atoms in total. The van der Waals surface area contributed by atoms with Crippen LogP contribution in [0.2, 0.25) is 0 Å². The van der Waals surface area contributed by atoms with Crippen LogP contribution in [-0.2, 0) is 14.8 Å². The Morgan fingerprint density at radius 2 is 1.48 bits per heavy atom. The number of hydrogen-bond acceptors (Lipinski definition) is 4. The molecule has 3 rings (SSSR count). The van der Waals surface area contributed by atoms with Crippen LogP contribution >= 0.6 is 0 Å². The van der Waals surface area contributed by atoms with Crippen LogP contribution in [0.4, 0.5) is 15.8 Å². The van der Waals surface area contributed by atoms with Gasteiger partial charge in [0.25, 0.3) is 15.9 Å². The van der Waals surface area contributed by atoms with E-state index in [0.717, 1.165) is 5.56 Å². The SMILES string of the molecule is Cc1ccc(NS(=O)(=O)c2ccc(OCC(=O)Nc3ccc(F)cc3)cc2)cc1. The molecule has 0 unspecified atom stereocenters. The third kappa shape index (κ3) is 5.79. The van der Waals surface area contributed by atoms with Crippen LogP contribution in [0.15, 0.2) is 77.7 Å². The van der Waals surface area contributed by atoms with Crippen LogP contribution in [0.5, 0.6) is 5.75 Å². The molecule has 0 atom stereocenters. The van der Waals surface area contributed by atoms with Gasteiger partial charge < -0.3 is 10.1 Å². The molecule has 0 aromatic heterocycles. The molecule has 0 bridgehead atoms. The van der Waals surface area contributed by atoms with E-state index < -0.39 is 21.7 Å². The van der Waals surface area contributed by atoms with Crippen LogP contribution in [0.3, 0.4) is 0 Å². The van der Waals surface area contributed by atoms with Gasteiger partial charge in [0.05, 0.1) is 4.90 Å². The molecular weight excluding hydrogens is 395 g/mol. The first kappa shape index (κ1) is 20.3. The van der Waals surface area contributed by atoms with Crippen molar-refractivity contribution in [1.82, 2.24) is 0 Å². The maximum absolute atomic E-state index is 12.9. The molecule has 0 spiro atoms. The Kier molecular flexibility index (Phi) is 6.13. The maximum Gasteiger partial charge on any atom is 0.262 e. The summed E-state index contributed by atoms with van der Waals surface area (Å²) < 4.78 is 45.6. The lowest BCUT2D eigenvalue weighted by Gasteiger charge is -2.10. The summed E-state index contributed by atoms with van der Waals surface area (Å²) in [5.41, 5.74) is 1.94. The molecule has 3 aromatic rings. The first-order valence-electron chi connectivity index (χ1n) is 8.70. The average Bonchev–Trinajstić information content (AvgIpc) is 2.70. The summed E-state index contributed by atoms with van der Waals surface area (Å²) in [6, 6.07) is 18.1. The van der Waals surface area contributed by atoms with Crippen LogP contribution in [-0.4, -0.2) is 20.9 Å². The number of aryl methyl sites for hydroxylation is 1. The van der Waals surface area contributed by atoms with Gasteiger partial charge in [0.1, 0.15) is 11.6 Å². The summed E-state index contributed by atoms with van der Waals surface area (Å²) in [4.78, 5) is 12.0. The molecule has 3 aromatic carbocycles. The summed E-state index contributed by atoms with van der Waals surface area (Å²) in [5.74, 6) is -0.478. The van der Waals surface area contributed by atoms with E-state index in [4.69, 9.17) is 4.74 Å². The molecule has 0 radical (unpaired) electrons. The molecular formula is C21H19FN2O4S. The molecule has 1 amide bonds. The summed E-state index contributed by atoms with van der Waals surface area (Å²) in [7, 11) is -3.73. The monoisotopic (exact) mass is 414 g/mol. The van der Waals surface area contributed by atoms with Crippen molar-refractivity contribution < 1.29 is 22.3 Å². The van der Waals surface area contributed by atoms with Gasteiger partial charge >= 0.3 is 0 Å². The molecule has 0 aliphatic carbocycles. The van der Waals surface area contributed by atoms with Crippen molar-refractivity contribution in [3.63, 3.8) is 0 Å². The molecule has 0 saturated carbocycles. The molecule has 2 N–H and O–H groups in total. The molecule has 150 valence electrons. The Morgan fingerprint density at radius 3 is 2.10 bits per heavy atom. The number of sulfonamides is 1. The van der Waals surface area contributed by atoms with Gasteiger partial charge in [-0.2, -0.15) is 0 Å². The Morgan fingerprint density at radius 1 is 0.897 bits per heavy atom. The fraction of sp³-hybridized carbons (Fsp3) is 0.0952. The van der Waals surface area contributed by atoms with Gasteiger partial charge in [0, 0.05) is 11.4 Å². The topological polar surface area (TPSA) is 84.5 Å². The third-order valence-electron chi connectivity index (χ3n) is 3.94. The molecule has 0 saturated heterocycles. The molecule has 8 heteroatoms. The average molecular weight is 414 g/mol. The van der Waals surface area contributed by atoms with Gasteiger partial charge in [-0.25, -0.2) is 12.8 Å². The summed E-state index contributed by atoms with van der Waals surface area (Å²) >= 11 is 0. The second-order valence-corrected chi connectivity index (χ2v) is 7.97. The Bertz CT molecular complexity index is 1080. The van der Waals surface area contributed by atoms with Crippen LogP contribution in [0.25, 0.3) is 0 Å². The van der Waals surface area contributed by atoms with E-state index in [2.05, 4.69) is 10.0 Å². The van der Waals surface area contributed by atoms with Gasteiger partial charge in [0.15, 0.2) is 6.61 Å². The van der Waals surface area contributed by atoms with Crippen molar-refractivity contribution >= 4 is 27.3 Å². The van der Waals surface area contributed by atoms with Crippen molar-refractivity contribution in [2.45, 2.75) is 11.8 Å². The lowest BCUT2D eigenvalue weighted by molar-refractivity contribution is -0.118. The van der Waals surface area contributed by atoms with Crippen molar-refractivity contribution in [1.29, 1.82) is 0 Å². The highest BCUT2D eigenvalue weighted by molar-refractivity contribution is 7.92. The fourth-order valence-corrected chi connectivity index (χ4v) is 3.49. The third-order valence-corrected chi connectivity index (χ3v) is 5.33. The smallest absolute Gasteiger partial charge is 0.262 e. The zero-order valence-corrected chi connectivity index (χ0v) is 16.4. The summed E-state index contributed by atoms with van der Waals surface area (Å²) in [5, 5.41) is 2.57. The Hall–Kier alpha value is -3.39. The second kappa shape index (κ2) is 8.74. The second-order valence-electron chi connectivity index (χ2n) is 6.29. The molecule has 0 aliphatic rings. The predicted octanol–water partition coefficient (Wildman–Crippen LogP) is 3.95. The van der Waals surface area contributed by atoms with Gasteiger partial charge in [-0.05, 0) is 67.6 Å². The van der Waals surface area contributed by atoms with Crippen LogP contribution in [0.1, 0.15) is 5.56 Å². The standard InChI is InChI=1S/C21H19FN2O4S/c1-15-2-6-18(7-3-15)24-29(26,27)20-12-10-19(11-13-20)28-14-21(25)23-17-8-4-16(22)5-9-17/h2-13,24H,14H2,1H3,(H,23,25). The van der Waals surface area contributed by atoms with Crippen LogP contribution < -0.4 is 14.8 Å². The number of benzene rings is 3. The van der Waals surface area contributed by atoms with E-state index in [0.29, 0.717) is 17.1 Å². The first-order valence-corrected chi connectivity index (χ1v) is 10.2. The number of rotatable bonds is 7. The Balaban J connectivity index is 1.57. The molecule has 0 heterocycles. The minimum Gasteiger partial charge on any atom is -0.484 e. The van der Waals surface area contributed by atoms with Gasteiger partial charge in [-0.1, -0.05) is 17.7 Å². The minimum absolute atomic E-state index is 0.0705. The molecule has 0 fully saturated rings. The van der Waals surface area contributed by atoms with Crippen LogP contribution in [0, 0.1) is 12.7 Å². The normalized spacial score (nSPS) is 11.0. The first-order chi connectivity index (χ1) is 13.8. The number of halogens is 1. The van der Waals surface area contributed by atoms with Gasteiger partial charge in [-0.3, -0.25) is 9.52 Å². The predicted molar refractivity (Wildman–Crippen MR) is 109 cm³/mol. The lowest BCUT2D eigenvalue weighted by Crippen LogP contribution is -2.20. The summed E-state index contributed by atoms with van der Waals surface area (Å²) in [6.07, 6.45) is 0. The minimum atomic E-state index is -3.73. The fourth-order valence-electron chi connectivity index (χ4n) is 2.43. The maximum atomic E-state index is 12.9. The molecule has 0 aliphatic heterocycles. The van der Waals surface area contributed by atoms with Gasteiger partial charge in [0.2, 0.25) is 0 Å². The Labute approximate surface area is 168 Å². The zero-order valence-electron chi connectivity index (χ0n) is 15.6. The number of nitrogens with one attached hydrogen (secondary N) is 2. The quantitative estimate of drug-likeness (QED) is 0.613. The number of carbonyl (C=O) groups is 1. The highest BCUT2D eigenvalue weighted by atomic mass is 32.2. The van der Waals surface area contributed by atoms with Gasteiger partial charge in [-0.15, -0.1) is 0 Å². The largest absolute Gasteiger partial charge is 0.484 e. The van der Waals surface area contributed by atoms with Crippen molar-refractivity contribution in [2.75, 3.05) is 16.6 Å². The number of ether oxygens (including phenoxy) is 1. The zero-order chi connectivity index (χ0) is 20.9. The van der Waals surface area contributed by atoms with E-state index in [1.807, 2.05) is 19.1 Å². The lowest BCUT2D eigenvalue weighted by atomic mass is 10.2. The number of anilines is 2. The number of amides is 1. The molecule has 29 heavy (non-hydrogen) atoms. The van der Waals surface area contributed by atoms with Crippen molar-refractivity contribution in [2.24, 2.45) is 0 Å². The highest BCUT2D eigenvalue weighted by Gasteiger charge is 2.14.